The maximum atomic E-state index is 12.9. The second-order valence-corrected chi connectivity index (χ2v) is 6.66. The summed E-state index contributed by atoms with van der Waals surface area (Å²) in [4.78, 5) is 18.9. The highest BCUT2D eigenvalue weighted by Crippen LogP contribution is 2.40. The zero-order chi connectivity index (χ0) is 17.2. The number of nitrogens with zero attached hydrogens (tertiary/aromatic N) is 2. The predicted octanol–water partition coefficient (Wildman–Crippen LogP) is 3.99. The topological polar surface area (TPSA) is 45.2 Å². The lowest BCUT2D eigenvalue weighted by molar-refractivity contribution is -0.185. The summed E-state index contributed by atoms with van der Waals surface area (Å²) in [6, 6.07) is 3.50. The molecule has 24 heavy (non-hydrogen) atoms. The number of anilines is 2. The fourth-order valence-electron chi connectivity index (χ4n) is 3.64. The fraction of sp³-hybridized carbons (Fsp3) is 0.647. The van der Waals surface area contributed by atoms with Crippen LogP contribution in [0.3, 0.4) is 0 Å². The van der Waals surface area contributed by atoms with Crippen molar-refractivity contribution in [2.24, 2.45) is 11.8 Å². The molecule has 7 heteroatoms. The Labute approximate surface area is 139 Å². The van der Waals surface area contributed by atoms with E-state index in [-0.39, 0.29) is 18.7 Å². The average molecular weight is 341 g/mol. The zero-order valence-corrected chi connectivity index (χ0v) is 13.5. The van der Waals surface area contributed by atoms with Gasteiger partial charge in [0.25, 0.3) is 0 Å². The Kier molecular flexibility index (Phi) is 4.96. The highest BCUT2D eigenvalue weighted by molar-refractivity contribution is 5.95. The van der Waals surface area contributed by atoms with Gasteiger partial charge in [-0.1, -0.05) is 6.42 Å². The molecule has 1 aliphatic carbocycles. The lowest BCUT2D eigenvalue weighted by atomic mass is 9.80. The van der Waals surface area contributed by atoms with Crippen molar-refractivity contribution in [3.63, 3.8) is 0 Å². The number of aromatic nitrogens is 1. The third-order valence-electron chi connectivity index (χ3n) is 4.96. The first-order valence-corrected chi connectivity index (χ1v) is 8.52. The summed E-state index contributed by atoms with van der Waals surface area (Å²) in [5.41, 5.74) is 0.596. The molecule has 2 aliphatic rings. The quantitative estimate of drug-likeness (QED) is 0.904. The van der Waals surface area contributed by atoms with Crippen molar-refractivity contribution >= 4 is 17.4 Å². The van der Waals surface area contributed by atoms with Gasteiger partial charge in [-0.2, -0.15) is 13.2 Å². The summed E-state index contributed by atoms with van der Waals surface area (Å²) < 4.78 is 38.8. The minimum Gasteiger partial charge on any atom is -0.355 e. The number of nitrogens with one attached hydrogen (secondary N) is 1. The van der Waals surface area contributed by atoms with Crippen LogP contribution in [0.5, 0.6) is 0 Å². The molecule has 2 heterocycles. The van der Waals surface area contributed by atoms with Crippen LogP contribution in [0.15, 0.2) is 18.3 Å². The number of rotatable bonds is 3. The molecule has 3 rings (SSSR count). The van der Waals surface area contributed by atoms with E-state index in [1.54, 1.807) is 18.3 Å². The number of pyridine rings is 1. The Morgan fingerprint density at radius 3 is 2.67 bits per heavy atom. The van der Waals surface area contributed by atoms with Gasteiger partial charge < -0.3 is 10.2 Å². The number of carbonyl (C=O) groups is 1. The van der Waals surface area contributed by atoms with Crippen LogP contribution >= 0.6 is 0 Å². The highest BCUT2D eigenvalue weighted by Gasteiger charge is 2.43. The third-order valence-corrected chi connectivity index (χ3v) is 4.96. The molecule has 1 amide bonds. The average Bonchev–Trinajstić information content (AvgIpc) is 3.09. The number of alkyl halides is 3. The second-order valence-electron chi connectivity index (χ2n) is 6.66. The molecular weight excluding hydrogens is 319 g/mol. The van der Waals surface area contributed by atoms with Gasteiger partial charge in [-0.25, -0.2) is 4.98 Å². The van der Waals surface area contributed by atoms with Gasteiger partial charge in [0.05, 0.1) is 11.6 Å². The molecule has 0 spiro atoms. The standard InChI is InChI=1S/C17H22F3N3O/c18-17(19,20)13-6-3-5-12(11-13)16(24)22-14-7-4-8-21-15(14)23-9-1-2-10-23/h4,7-8,12-13H,1-3,5-6,9-11H2,(H,22,24)/t12-,13+/m1/s1. The van der Waals surface area contributed by atoms with Crippen LogP contribution < -0.4 is 10.2 Å². The van der Waals surface area contributed by atoms with Gasteiger partial charge in [0.2, 0.25) is 5.91 Å². The van der Waals surface area contributed by atoms with Crippen LogP contribution in [0.1, 0.15) is 38.5 Å². The molecule has 1 aromatic rings. The van der Waals surface area contributed by atoms with E-state index < -0.39 is 18.0 Å². The van der Waals surface area contributed by atoms with E-state index in [0.717, 1.165) is 25.9 Å². The third kappa shape index (κ3) is 3.82. The molecule has 2 atom stereocenters. The Hall–Kier alpha value is -1.79. The monoisotopic (exact) mass is 341 g/mol. The Morgan fingerprint density at radius 1 is 1.21 bits per heavy atom. The van der Waals surface area contributed by atoms with Gasteiger partial charge in [-0.3, -0.25) is 4.79 Å². The van der Waals surface area contributed by atoms with E-state index >= 15 is 0 Å². The smallest absolute Gasteiger partial charge is 0.355 e. The molecule has 0 unspecified atom stereocenters. The maximum absolute atomic E-state index is 12.9. The van der Waals surface area contributed by atoms with E-state index in [2.05, 4.69) is 15.2 Å². The highest BCUT2D eigenvalue weighted by atomic mass is 19.4. The molecular formula is C17H22F3N3O. The Balaban J connectivity index is 1.69. The summed E-state index contributed by atoms with van der Waals surface area (Å²) >= 11 is 0. The predicted molar refractivity (Wildman–Crippen MR) is 85.8 cm³/mol. The maximum Gasteiger partial charge on any atom is 0.391 e. The van der Waals surface area contributed by atoms with Crippen LogP contribution in [0.4, 0.5) is 24.7 Å². The largest absolute Gasteiger partial charge is 0.391 e. The molecule has 0 radical (unpaired) electrons. The van der Waals surface area contributed by atoms with Crippen molar-refractivity contribution in [3.05, 3.63) is 18.3 Å². The van der Waals surface area contributed by atoms with E-state index in [1.807, 2.05) is 0 Å². The van der Waals surface area contributed by atoms with Crippen molar-refractivity contribution in [3.8, 4) is 0 Å². The normalized spacial score (nSPS) is 24.9. The summed E-state index contributed by atoms with van der Waals surface area (Å²) in [5, 5.41) is 2.82. The molecule has 4 nitrogen and oxygen atoms in total. The summed E-state index contributed by atoms with van der Waals surface area (Å²) in [7, 11) is 0. The molecule has 132 valence electrons. The van der Waals surface area contributed by atoms with Crippen molar-refractivity contribution < 1.29 is 18.0 Å². The lowest BCUT2D eigenvalue weighted by Crippen LogP contribution is -2.34. The van der Waals surface area contributed by atoms with Crippen molar-refractivity contribution in [2.75, 3.05) is 23.3 Å². The first-order chi connectivity index (χ1) is 11.4. The van der Waals surface area contributed by atoms with Gasteiger partial charge >= 0.3 is 6.18 Å². The minimum atomic E-state index is -4.21. The summed E-state index contributed by atoms with van der Waals surface area (Å²) in [6.45, 7) is 1.78. The molecule has 1 N–H and O–H groups in total. The molecule has 2 fully saturated rings. The summed E-state index contributed by atoms with van der Waals surface area (Å²) in [5.74, 6) is -1.56. The van der Waals surface area contributed by atoms with Gasteiger partial charge in [0.15, 0.2) is 5.82 Å². The van der Waals surface area contributed by atoms with Gasteiger partial charge in [-0.15, -0.1) is 0 Å². The number of amides is 1. The Bertz CT molecular complexity index is 585. The second kappa shape index (κ2) is 6.99. The van der Waals surface area contributed by atoms with Crippen LogP contribution in [-0.2, 0) is 4.79 Å². The molecule has 1 saturated heterocycles. The van der Waals surface area contributed by atoms with E-state index in [4.69, 9.17) is 0 Å². The first-order valence-electron chi connectivity index (χ1n) is 8.52. The fourth-order valence-corrected chi connectivity index (χ4v) is 3.64. The van der Waals surface area contributed by atoms with Gasteiger partial charge in [0.1, 0.15) is 0 Å². The number of hydrogen-bond donors (Lipinski definition) is 1. The molecule has 0 bridgehead atoms. The van der Waals surface area contributed by atoms with Gasteiger partial charge in [0, 0.05) is 25.2 Å². The van der Waals surface area contributed by atoms with Crippen molar-refractivity contribution in [1.29, 1.82) is 0 Å². The van der Waals surface area contributed by atoms with E-state index in [0.29, 0.717) is 24.3 Å². The molecule has 1 saturated carbocycles. The zero-order valence-electron chi connectivity index (χ0n) is 13.5. The Morgan fingerprint density at radius 2 is 1.96 bits per heavy atom. The molecule has 0 aromatic carbocycles. The van der Waals surface area contributed by atoms with E-state index in [1.165, 1.54) is 0 Å². The molecule has 1 aromatic heterocycles. The number of halogens is 3. The van der Waals surface area contributed by atoms with E-state index in [9.17, 15) is 18.0 Å². The lowest BCUT2D eigenvalue weighted by Gasteiger charge is -2.30. The molecule has 1 aliphatic heterocycles. The summed E-state index contributed by atoms with van der Waals surface area (Å²) in [6.07, 6.45) is 0.580. The van der Waals surface area contributed by atoms with Crippen LogP contribution in [-0.4, -0.2) is 30.2 Å². The SMILES string of the molecule is O=C(Nc1cccnc1N1CCCC1)[C@@H]1CCC[C@H](C(F)(F)F)C1. The number of hydrogen-bond acceptors (Lipinski definition) is 3. The van der Waals surface area contributed by atoms with Crippen LogP contribution in [0, 0.1) is 11.8 Å². The van der Waals surface area contributed by atoms with Crippen LogP contribution in [0.2, 0.25) is 0 Å². The van der Waals surface area contributed by atoms with Crippen molar-refractivity contribution in [1.82, 2.24) is 4.98 Å². The van der Waals surface area contributed by atoms with Crippen LogP contribution in [0.25, 0.3) is 0 Å². The van der Waals surface area contributed by atoms with Crippen molar-refractivity contribution in [2.45, 2.75) is 44.7 Å². The minimum absolute atomic E-state index is 0.116. The van der Waals surface area contributed by atoms with Gasteiger partial charge in [-0.05, 0) is 44.2 Å². The number of carbonyl (C=O) groups excluding carboxylic acids is 1. The first kappa shape index (κ1) is 17.0.